The molecule has 1 aromatic carbocycles. The van der Waals surface area contributed by atoms with Crippen LogP contribution >= 0.6 is 15.9 Å². The van der Waals surface area contributed by atoms with E-state index in [1.807, 2.05) is 0 Å². The van der Waals surface area contributed by atoms with E-state index in [4.69, 9.17) is 10.5 Å². The topological polar surface area (TPSA) is 78.6 Å². The van der Waals surface area contributed by atoms with E-state index in [-0.39, 0.29) is 17.9 Å². The molecular weight excluding hydrogens is 309 g/mol. The Labute approximate surface area is 111 Å². The number of alkyl halides is 1. The molecule has 0 saturated heterocycles. The highest BCUT2D eigenvalue weighted by atomic mass is 79.9. The number of benzene rings is 1. The van der Waals surface area contributed by atoms with Crippen LogP contribution in [0, 0.1) is 5.82 Å². The van der Waals surface area contributed by atoms with Gasteiger partial charge in [-0.2, -0.15) is 0 Å². The van der Waals surface area contributed by atoms with Crippen molar-refractivity contribution >= 4 is 27.8 Å². The Morgan fingerprint density at radius 1 is 1.50 bits per heavy atom. The first-order chi connectivity index (χ1) is 8.47. The summed E-state index contributed by atoms with van der Waals surface area (Å²) in [6.45, 7) is -0.115. The van der Waals surface area contributed by atoms with E-state index in [0.29, 0.717) is 0 Å². The van der Waals surface area contributed by atoms with Crippen molar-refractivity contribution in [3.63, 3.8) is 0 Å². The average molecular weight is 320 g/mol. The molecule has 98 valence electrons. The number of hydrogen-bond donors (Lipinski definition) is 1. The molecule has 5 nitrogen and oxygen atoms in total. The Kier molecular flexibility index (Phi) is 5.08. The number of methoxy groups -OCH3 is 1. The highest BCUT2D eigenvalue weighted by Gasteiger charge is 2.19. The lowest BCUT2D eigenvalue weighted by Crippen LogP contribution is -2.24. The van der Waals surface area contributed by atoms with E-state index < -0.39 is 22.5 Å². The van der Waals surface area contributed by atoms with Crippen LogP contribution in [0.1, 0.15) is 10.4 Å². The number of carbonyl (C=O) groups is 2. The first-order valence-corrected chi connectivity index (χ1v) is 5.82. The monoisotopic (exact) mass is 319 g/mol. The molecule has 0 spiro atoms. The number of nitrogens with two attached hydrogens (primary N) is 1. The van der Waals surface area contributed by atoms with E-state index in [1.54, 1.807) is 0 Å². The van der Waals surface area contributed by atoms with Gasteiger partial charge >= 0.3 is 5.97 Å². The van der Waals surface area contributed by atoms with Crippen LogP contribution < -0.4 is 10.5 Å². The predicted octanol–water partition coefficient (Wildman–Crippen LogP) is 1.24. The molecule has 18 heavy (non-hydrogen) atoms. The second-order valence-electron chi connectivity index (χ2n) is 3.28. The maximum atomic E-state index is 13.4. The van der Waals surface area contributed by atoms with Crippen LogP contribution in [-0.2, 0) is 9.53 Å². The number of amides is 1. The first-order valence-electron chi connectivity index (χ1n) is 4.90. The molecule has 0 bridgehead atoms. The van der Waals surface area contributed by atoms with Crippen molar-refractivity contribution < 1.29 is 23.5 Å². The van der Waals surface area contributed by atoms with Crippen molar-refractivity contribution in [2.75, 3.05) is 13.7 Å². The van der Waals surface area contributed by atoms with Crippen LogP contribution in [0.3, 0.4) is 0 Å². The van der Waals surface area contributed by atoms with Gasteiger partial charge in [0.05, 0.1) is 7.11 Å². The summed E-state index contributed by atoms with van der Waals surface area (Å²) in [5, 5.41) is 0. The molecule has 1 atom stereocenters. The van der Waals surface area contributed by atoms with E-state index in [1.165, 1.54) is 19.2 Å². The third-order valence-corrected chi connectivity index (χ3v) is 2.70. The zero-order valence-electron chi connectivity index (χ0n) is 9.48. The van der Waals surface area contributed by atoms with Crippen LogP contribution in [-0.4, -0.2) is 30.4 Å². The van der Waals surface area contributed by atoms with Crippen molar-refractivity contribution in [2.24, 2.45) is 5.73 Å². The fraction of sp³-hybridized carbons (Fsp3) is 0.273. The molecule has 0 fully saturated rings. The number of esters is 1. The van der Waals surface area contributed by atoms with Crippen molar-refractivity contribution in [2.45, 2.75) is 4.83 Å². The molecule has 1 amide bonds. The molecule has 0 radical (unpaired) electrons. The largest absolute Gasteiger partial charge is 0.491 e. The van der Waals surface area contributed by atoms with Crippen molar-refractivity contribution in [3.05, 3.63) is 29.6 Å². The molecule has 0 aliphatic heterocycles. The normalized spacial score (nSPS) is 11.7. The summed E-state index contributed by atoms with van der Waals surface area (Å²) in [4.78, 5) is 21.5. The molecule has 7 heteroatoms. The van der Waals surface area contributed by atoms with E-state index in [9.17, 15) is 14.0 Å². The van der Waals surface area contributed by atoms with Crippen LogP contribution in [0.4, 0.5) is 4.39 Å². The van der Waals surface area contributed by atoms with Crippen LogP contribution in [0.5, 0.6) is 5.75 Å². The summed E-state index contributed by atoms with van der Waals surface area (Å²) >= 11 is 3.03. The summed E-state index contributed by atoms with van der Waals surface area (Å²) in [5.41, 5.74) is 4.70. The molecule has 2 N–H and O–H groups in total. The van der Waals surface area contributed by atoms with Crippen molar-refractivity contribution in [3.8, 4) is 5.75 Å². The van der Waals surface area contributed by atoms with Gasteiger partial charge in [0, 0.05) is 0 Å². The number of rotatable bonds is 5. The summed E-state index contributed by atoms with van der Waals surface area (Å²) in [7, 11) is 1.23. The van der Waals surface area contributed by atoms with E-state index in [2.05, 4.69) is 20.7 Å². The van der Waals surface area contributed by atoms with Crippen molar-refractivity contribution in [1.82, 2.24) is 0 Å². The lowest BCUT2D eigenvalue weighted by molar-refractivity contribution is -0.140. The quantitative estimate of drug-likeness (QED) is 0.654. The highest BCUT2D eigenvalue weighted by Crippen LogP contribution is 2.21. The molecule has 1 aromatic rings. The zero-order valence-corrected chi connectivity index (χ0v) is 11.1. The maximum Gasteiger partial charge on any atom is 0.322 e. The van der Waals surface area contributed by atoms with Gasteiger partial charge in [-0.25, -0.2) is 4.39 Å². The van der Waals surface area contributed by atoms with Crippen molar-refractivity contribution in [1.29, 1.82) is 0 Å². The molecule has 0 aliphatic carbocycles. The van der Waals surface area contributed by atoms with E-state index >= 15 is 0 Å². The lowest BCUT2D eigenvalue weighted by atomic mass is 10.2. The minimum Gasteiger partial charge on any atom is -0.491 e. The Morgan fingerprint density at radius 3 is 2.72 bits per heavy atom. The van der Waals surface area contributed by atoms with Gasteiger partial charge in [-0.1, -0.05) is 22.0 Å². The Hall–Kier alpha value is -1.63. The zero-order chi connectivity index (χ0) is 13.7. The van der Waals surface area contributed by atoms with Crippen LogP contribution in [0.2, 0.25) is 0 Å². The van der Waals surface area contributed by atoms with Gasteiger partial charge in [0.25, 0.3) is 5.91 Å². The molecule has 0 aromatic heterocycles. The average Bonchev–Trinajstić information content (AvgIpc) is 2.34. The molecule has 1 unspecified atom stereocenters. The second kappa shape index (κ2) is 6.34. The molecule has 0 aliphatic rings. The summed E-state index contributed by atoms with van der Waals surface area (Å²) in [6, 6.07) is 3.86. The van der Waals surface area contributed by atoms with Gasteiger partial charge in [-0.3, -0.25) is 9.59 Å². The third-order valence-electron chi connectivity index (χ3n) is 2.06. The summed E-state index contributed by atoms with van der Waals surface area (Å²) in [5.74, 6) is -2.26. The predicted molar refractivity (Wildman–Crippen MR) is 65.1 cm³/mol. The smallest absolute Gasteiger partial charge is 0.322 e. The molecule has 0 heterocycles. The Morgan fingerprint density at radius 2 is 2.17 bits per heavy atom. The van der Waals surface area contributed by atoms with E-state index in [0.717, 1.165) is 6.07 Å². The Bertz CT molecular complexity index is 466. The van der Waals surface area contributed by atoms with Gasteiger partial charge in [0.15, 0.2) is 0 Å². The first kappa shape index (κ1) is 14.4. The van der Waals surface area contributed by atoms with Gasteiger partial charge in [0.2, 0.25) is 0 Å². The van der Waals surface area contributed by atoms with Crippen LogP contribution in [0.15, 0.2) is 18.2 Å². The number of hydrogen-bond acceptors (Lipinski definition) is 4. The SMILES string of the molecule is COC(=O)C(Br)COc1cccc(F)c1C(N)=O. The number of ether oxygens (including phenoxy) is 2. The highest BCUT2D eigenvalue weighted by molar-refractivity contribution is 9.10. The van der Waals surface area contributed by atoms with Crippen LogP contribution in [0.25, 0.3) is 0 Å². The summed E-state index contributed by atoms with van der Waals surface area (Å²) < 4.78 is 23.0. The molecule has 0 saturated carbocycles. The molecule has 1 rings (SSSR count). The fourth-order valence-electron chi connectivity index (χ4n) is 1.22. The number of carbonyl (C=O) groups excluding carboxylic acids is 2. The molecular formula is C11H11BrFNO4. The Balaban J connectivity index is 2.82. The minimum atomic E-state index is -0.938. The van der Waals surface area contributed by atoms with Gasteiger partial charge < -0.3 is 15.2 Å². The number of halogens is 2. The maximum absolute atomic E-state index is 13.4. The standard InChI is InChI=1S/C11H11BrFNO4/c1-17-11(16)6(12)5-18-8-4-2-3-7(13)9(8)10(14)15/h2-4,6H,5H2,1H3,(H2,14,15). The van der Waals surface area contributed by atoms with Gasteiger partial charge in [-0.15, -0.1) is 0 Å². The number of primary amides is 1. The van der Waals surface area contributed by atoms with Gasteiger partial charge in [0.1, 0.15) is 28.6 Å². The summed E-state index contributed by atoms with van der Waals surface area (Å²) in [6.07, 6.45) is 0. The second-order valence-corrected chi connectivity index (χ2v) is 4.38. The lowest BCUT2D eigenvalue weighted by Gasteiger charge is -2.12. The fourth-order valence-corrected chi connectivity index (χ4v) is 1.54. The third kappa shape index (κ3) is 3.43. The van der Waals surface area contributed by atoms with Gasteiger partial charge in [-0.05, 0) is 12.1 Å². The minimum absolute atomic E-state index is 0.0177.